The maximum absolute atomic E-state index is 10.4. The number of hydrogen-bond donors (Lipinski definition) is 2. The zero-order valence-corrected chi connectivity index (χ0v) is 13.2. The zero-order valence-electron chi connectivity index (χ0n) is 13.2. The van der Waals surface area contributed by atoms with Crippen LogP contribution in [0.4, 0.5) is 0 Å². The lowest BCUT2D eigenvalue weighted by atomic mass is 10.00. The summed E-state index contributed by atoms with van der Waals surface area (Å²) >= 11 is 0. The van der Waals surface area contributed by atoms with Gasteiger partial charge in [0.2, 0.25) is 0 Å². The maximum Gasteiger partial charge on any atom is 0.162 e. The molecular weight excluding hydrogens is 276 g/mol. The number of methoxy groups -OCH3 is 1. The molecule has 0 spiro atoms. The molecule has 0 heterocycles. The molecule has 2 rings (SSSR count). The Labute approximate surface area is 132 Å². The van der Waals surface area contributed by atoms with Crippen molar-refractivity contribution in [2.24, 2.45) is 5.73 Å². The summed E-state index contributed by atoms with van der Waals surface area (Å²) in [7, 11) is 3.61. The van der Waals surface area contributed by atoms with Crippen molar-refractivity contribution in [3.05, 3.63) is 59.7 Å². The van der Waals surface area contributed by atoms with Gasteiger partial charge in [-0.15, -0.1) is 0 Å². The third-order valence-corrected chi connectivity index (χ3v) is 3.86. The van der Waals surface area contributed by atoms with Gasteiger partial charge in [-0.2, -0.15) is 0 Å². The second-order valence-corrected chi connectivity index (χ2v) is 5.39. The topological polar surface area (TPSA) is 58.7 Å². The first-order chi connectivity index (χ1) is 10.7. The van der Waals surface area contributed by atoms with E-state index in [2.05, 4.69) is 17.0 Å². The van der Waals surface area contributed by atoms with Crippen molar-refractivity contribution in [1.29, 1.82) is 0 Å². The van der Waals surface area contributed by atoms with Crippen LogP contribution in [-0.4, -0.2) is 30.7 Å². The number of hydrogen-bond acceptors (Lipinski definition) is 4. The molecule has 0 saturated heterocycles. The van der Waals surface area contributed by atoms with Gasteiger partial charge in [-0.25, -0.2) is 0 Å². The number of phenols is 1. The third-order valence-electron chi connectivity index (χ3n) is 3.86. The molecule has 118 valence electrons. The van der Waals surface area contributed by atoms with Gasteiger partial charge >= 0.3 is 0 Å². The van der Waals surface area contributed by atoms with Gasteiger partial charge < -0.3 is 15.6 Å². The summed E-state index contributed by atoms with van der Waals surface area (Å²) < 4.78 is 5.21. The van der Waals surface area contributed by atoms with Crippen molar-refractivity contribution in [1.82, 2.24) is 4.90 Å². The summed E-state index contributed by atoms with van der Waals surface area (Å²) in [4.78, 5) is 2.21. The molecule has 0 radical (unpaired) electrons. The molecule has 22 heavy (non-hydrogen) atoms. The average molecular weight is 300 g/mol. The molecule has 3 N–H and O–H groups in total. The van der Waals surface area contributed by atoms with E-state index in [1.54, 1.807) is 13.2 Å². The van der Waals surface area contributed by atoms with Crippen LogP contribution in [0.15, 0.2) is 48.5 Å². The monoisotopic (exact) mass is 300 g/mol. The maximum atomic E-state index is 10.4. The molecule has 0 amide bonds. The lowest BCUT2D eigenvalue weighted by molar-refractivity contribution is 0.221. The number of para-hydroxylation sites is 1. The standard InChI is InChI=1S/C18H24N2O2/c1-20(13-14-7-4-3-5-8-14)16(11-12-19)15-9-6-10-17(22-2)18(15)21/h3-10,16,21H,11-13,19H2,1-2H3. The van der Waals surface area contributed by atoms with Gasteiger partial charge in [-0.05, 0) is 31.6 Å². The van der Waals surface area contributed by atoms with Gasteiger partial charge in [-0.1, -0.05) is 42.5 Å². The van der Waals surface area contributed by atoms with Crippen molar-refractivity contribution in [3.8, 4) is 11.5 Å². The van der Waals surface area contributed by atoms with Crippen molar-refractivity contribution >= 4 is 0 Å². The van der Waals surface area contributed by atoms with E-state index in [1.807, 2.05) is 37.4 Å². The van der Waals surface area contributed by atoms with Crippen LogP contribution in [0.2, 0.25) is 0 Å². The van der Waals surface area contributed by atoms with Crippen LogP contribution < -0.4 is 10.5 Å². The fraction of sp³-hybridized carbons (Fsp3) is 0.333. The van der Waals surface area contributed by atoms with Crippen molar-refractivity contribution in [2.45, 2.75) is 19.0 Å². The number of rotatable bonds is 7. The van der Waals surface area contributed by atoms with E-state index in [0.717, 1.165) is 18.5 Å². The molecule has 0 aliphatic heterocycles. The minimum atomic E-state index is 0.0420. The molecule has 0 aliphatic rings. The van der Waals surface area contributed by atoms with Crippen LogP contribution in [-0.2, 0) is 6.54 Å². The highest BCUT2D eigenvalue weighted by molar-refractivity contribution is 5.47. The smallest absolute Gasteiger partial charge is 0.162 e. The summed E-state index contributed by atoms with van der Waals surface area (Å²) in [5.41, 5.74) is 7.86. The number of phenolic OH excluding ortho intramolecular Hbond substituents is 1. The van der Waals surface area contributed by atoms with E-state index in [-0.39, 0.29) is 11.8 Å². The Bertz CT molecular complexity index is 587. The lowest BCUT2D eigenvalue weighted by Crippen LogP contribution is -2.26. The number of nitrogens with two attached hydrogens (primary N) is 1. The summed E-state index contributed by atoms with van der Waals surface area (Å²) in [6.07, 6.45) is 0.768. The number of benzene rings is 2. The average Bonchev–Trinajstić information content (AvgIpc) is 2.54. The van der Waals surface area contributed by atoms with E-state index in [1.165, 1.54) is 5.56 Å². The molecule has 2 aromatic rings. The minimum Gasteiger partial charge on any atom is -0.504 e. The molecule has 0 aliphatic carbocycles. The first-order valence-corrected chi connectivity index (χ1v) is 7.47. The summed E-state index contributed by atoms with van der Waals surface area (Å²) in [5.74, 6) is 0.691. The highest BCUT2D eigenvalue weighted by atomic mass is 16.5. The van der Waals surface area contributed by atoms with E-state index in [9.17, 15) is 5.11 Å². The van der Waals surface area contributed by atoms with E-state index < -0.39 is 0 Å². The van der Waals surface area contributed by atoms with E-state index in [4.69, 9.17) is 10.5 Å². The van der Waals surface area contributed by atoms with E-state index in [0.29, 0.717) is 12.3 Å². The van der Waals surface area contributed by atoms with Crippen LogP contribution in [0.3, 0.4) is 0 Å². The van der Waals surface area contributed by atoms with Crippen LogP contribution in [0, 0.1) is 0 Å². The van der Waals surface area contributed by atoms with Gasteiger partial charge in [0.25, 0.3) is 0 Å². The van der Waals surface area contributed by atoms with Gasteiger partial charge in [-0.3, -0.25) is 4.90 Å². The Morgan fingerprint density at radius 1 is 1.14 bits per heavy atom. The fourth-order valence-corrected chi connectivity index (χ4v) is 2.73. The molecule has 4 nitrogen and oxygen atoms in total. The Hall–Kier alpha value is -2.04. The summed E-state index contributed by atoms with van der Waals surface area (Å²) in [6, 6.07) is 15.9. The molecule has 4 heteroatoms. The summed E-state index contributed by atoms with van der Waals surface area (Å²) in [6.45, 7) is 1.35. The van der Waals surface area contributed by atoms with Crippen LogP contribution in [0.1, 0.15) is 23.6 Å². The largest absolute Gasteiger partial charge is 0.504 e. The normalized spacial score (nSPS) is 12.4. The quantitative estimate of drug-likeness (QED) is 0.825. The second-order valence-electron chi connectivity index (χ2n) is 5.39. The minimum absolute atomic E-state index is 0.0420. The molecule has 1 atom stereocenters. The molecule has 0 saturated carbocycles. The Balaban J connectivity index is 2.26. The fourth-order valence-electron chi connectivity index (χ4n) is 2.73. The van der Waals surface area contributed by atoms with Gasteiger partial charge in [0, 0.05) is 18.2 Å². The van der Waals surface area contributed by atoms with Crippen LogP contribution in [0.25, 0.3) is 0 Å². The second kappa shape index (κ2) is 7.82. The molecule has 2 aromatic carbocycles. The predicted molar refractivity (Wildman–Crippen MR) is 89.0 cm³/mol. The zero-order chi connectivity index (χ0) is 15.9. The molecular formula is C18H24N2O2. The van der Waals surface area contributed by atoms with Crippen molar-refractivity contribution in [3.63, 3.8) is 0 Å². The van der Waals surface area contributed by atoms with Crippen molar-refractivity contribution in [2.75, 3.05) is 20.7 Å². The Morgan fingerprint density at radius 3 is 2.50 bits per heavy atom. The number of nitrogens with zero attached hydrogens (tertiary/aromatic N) is 1. The van der Waals surface area contributed by atoms with Crippen LogP contribution in [0.5, 0.6) is 11.5 Å². The van der Waals surface area contributed by atoms with E-state index >= 15 is 0 Å². The molecule has 0 aromatic heterocycles. The predicted octanol–water partition coefficient (Wildman–Crippen LogP) is 2.92. The highest BCUT2D eigenvalue weighted by Gasteiger charge is 2.21. The van der Waals surface area contributed by atoms with Crippen molar-refractivity contribution < 1.29 is 9.84 Å². The number of aromatic hydroxyl groups is 1. The van der Waals surface area contributed by atoms with Crippen LogP contribution >= 0.6 is 0 Å². The first kappa shape index (κ1) is 16.3. The molecule has 0 bridgehead atoms. The van der Waals surface area contributed by atoms with Gasteiger partial charge in [0.1, 0.15) is 0 Å². The highest BCUT2D eigenvalue weighted by Crippen LogP contribution is 2.37. The Kier molecular flexibility index (Phi) is 5.81. The Morgan fingerprint density at radius 2 is 1.86 bits per heavy atom. The van der Waals surface area contributed by atoms with Gasteiger partial charge in [0.05, 0.1) is 7.11 Å². The first-order valence-electron chi connectivity index (χ1n) is 7.47. The van der Waals surface area contributed by atoms with Gasteiger partial charge in [0.15, 0.2) is 11.5 Å². The summed E-state index contributed by atoms with van der Waals surface area (Å²) in [5, 5.41) is 10.4. The molecule has 1 unspecified atom stereocenters. The molecule has 0 fully saturated rings. The SMILES string of the molecule is COc1cccc(C(CCN)N(C)Cc2ccccc2)c1O. The number of ether oxygens (including phenoxy) is 1. The third kappa shape index (κ3) is 3.78. The lowest BCUT2D eigenvalue weighted by Gasteiger charge is -2.29.